The molecule has 1 aromatic heterocycles. The Morgan fingerprint density at radius 3 is 2.72 bits per heavy atom. The Bertz CT molecular complexity index is 411. The maximum absolute atomic E-state index is 12.9. The Morgan fingerprint density at radius 2 is 2.17 bits per heavy atom. The fourth-order valence-electron chi connectivity index (χ4n) is 1.51. The highest BCUT2D eigenvalue weighted by Crippen LogP contribution is 2.21. The molecule has 0 unspecified atom stereocenters. The lowest BCUT2D eigenvalue weighted by Crippen LogP contribution is -2.25. The van der Waals surface area contributed by atoms with E-state index in [4.69, 9.17) is 5.11 Å². The third-order valence-electron chi connectivity index (χ3n) is 2.59. The van der Waals surface area contributed by atoms with Crippen molar-refractivity contribution in [1.29, 1.82) is 0 Å². The fourth-order valence-corrected chi connectivity index (χ4v) is 2.48. The molecule has 0 saturated heterocycles. The number of carbonyl (C=O) groups is 1. The molecule has 6 heteroatoms. The van der Waals surface area contributed by atoms with Gasteiger partial charge in [0, 0.05) is 12.3 Å². The van der Waals surface area contributed by atoms with Crippen LogP contribution in [0.3, 0.4) is 0 Å². The Labute approximate surface area is 110 Å². The highest BCUT2D eigenvalue weighted by molar-refractivity contribution is 7.99. The van der Waals surface area contributed by atoms with Crippen molar-refractivity contribution < 1.29 is 14.3 Å². The molecule has 1 aromatic rings. The van der Waals surface area contributed by atoms with Gasteiger partial charge in [0.1, 0.15) is 10.8 Å². The van der Waals surface area contributed by atoms with Crippen molar-refractivity contribution in [3.63, 3.8) is 0 Å². The quantitative estimate of drug-likeness (QED) is 0.772. The number of halogens is 1. The summed E-state index contributed by atoms with van der Waals surface area (Å²) in [4.78, 5) is 17.0. The van der Waals surface area contributed by atoms with Crippen LogP contribution in [0.25, 0.3) is 0 Å². The number of aromatic carboxylic acids is 1. The summed E-state index contributed by atoms with van der Waals surface area (Å²) in [6.45, 7) is 6.93. The van der Waals surface area contributed by atoms with Crippen LogP contribution in [0.15, 0.2) is 17.3 Å². The molecule has 0 fully saturated rings. The normalized spacial score (nSPS) is 10.9. The standard InChI is InChI=1S/C12H17FN2O2S/c1-3-15(4-2)5-6-18-11-10(12(16)17)7-9(13)8-14-11/h7-8H,3-6H2,1-2H3,(H,16,17). The minimum Gasteiger partial charge on any atom is -0.478 e. The molecule has 0 amide bonds. The predicted molar refractivity (Wildman–Crippen MR) is 69.7 cm³/mol. The largest absolute Gasteiger partial charge is 0.478 e. The summed E-state index contributed by atoms with van der Waals surface area (Å²) in [6, 6.07) is 1.01. The van der Waals surface area contributed by atoms with Gasteiger partial charge < -0.3 is 10.0 Å². The summed E-state index contributed by atoms with van der Waals surface area (Å²) >= 11 is 1.34. The van der Waals surface area contributed by atoms with E-state index < -0.39 is 11.8 Å². The lowest BCUT2D eigenvalue weighted by atomic mass is 10.3. The minimum atomic E-state index is -1.15. The van der Waals surface area contributed by atoms with Crippen LogP contribution in [0, 0.1) is 5.82 Å². The van der Waals surface area contributed by atoms with E-state index in [2.05, 4.69) is 23.7 Å². The highest BCUT2D eigenvalue weighted by atomic mass is 32.2. The van der Waals surface area contributed by atoms with Crippen molar-refractivity contribution in [3.8, 4) is 0 Å². The van der Waals surface area contributed by atoms with E-state index in [0.29, 0.717) is 5.03 Å². The molecule has 1 heterocycles. The molecule has 4 nitrogen and oxygen atoms in total. The average Bonchev–Trinajstić information content (AvgIpc) is 2.36. The van der Waals surface area contributed by atoms with Gasteiger partial charge in [0.25, 0.3) is 0 Å². The number of thioether (sulfide) groups is 1. The monoisotopic (exact) mass is 272 g/mol. The maximum Gasteiger partial charge on any atom is 0.338 e. The van der Waals surface area contributed by atoms with E-state index in [1.54, 1.807) is 0 Å². The van der Waals surface area contributed by atoms with Crippen molar-refractivity contribution in [3.05, 3.63) is 23.6 Å². The van der Waals surface area contributed by atoms with Gasteiger partial charge in [0.15, 0.2) is 0 Å². The van der Waals surface area contributed by atoms with Crippen LogP contribution in [0.5, 0.6) is 0 Å². The Morgan fingerprint density at radius 1 is 1.50 bits per heavy atom. The molecule has 18 heavy (non-hydrogen) atoms. The molecule has 0 saturated carbocycles. The number of nitrogens with zero attached hydrogens (tertiary/aromatic N) is 2. The van der Waals surface area contributed by atoms with Crippen molar-refractivity contribution in [1.82, 2.24) is 9.88 Å². The van der Waals surface area contributed by atoms with Gasteiger partial charge in [0.05, 0.1) is 11.8 Å². The van der Waals surface area contributed by atoms with E-state index in [0.717, 1.165) is 37.7 Å². The van der Waals surface area contributed by atoms with Gasteiger partial charge >= 0.3 is 5.97 Å². The Balaban J connectivity index is 2.64. The zero-order chi connectivity index (χ0) is 13.5. The topological polar surface area (TPSA) is 53.4 Å². The number of aromatic nitrogens is 1. The number of carboxylic acids is 1. The summed E-state index contributed by atoms with van der Waals surface area (Å²) in [6.07, 6.45) is 1.05. The predicted octanol–water partition coefficient (Wildman–Crippen LogP) is 2.35. The number of rotatable bonds is 7. The number of carboxylic acid groups (broad SMARTS) is 1. The molecular weight excluding hydrogens is 255 g/mol. The summed E-state index contributed by atoms with van der Waals surface area (Å²) in [7, 11) is 0. The third kappa shape index (κ3) is 4.27. The molecule has 0 aliphatic heterocycles. The Kier molecular flexibility index (Phi) is 6.07. The highest BCUT2D eigenvalue weighted by Gasteiger charge is 2.13. The fraction of sp³-hybridized carbons (Fsp3) is 0.500. The molecule has 0 spiro atoms. The van der Waals surface area contributed by atoms with Crippen LogP contribution in [-0.2, 0) is 0 Å². The van der Waals surface area contributed by atoms with E-state index in [9.17, 15) is 9.18 Å². The van der Waals surface area contributed by atoms with E-state index in [1.807, 2.05) is 0 Å². The lowest BCUT2D eigenvalue weighted by Gasteiger charge is -2.17. The number of hydrogen-bond donors (Lipinski definition) is 1. The molecule has 0 aliphatic rings. The zero-order valence-corrected chi connectivity index (χ0v) is 11.3. The smallest absolute Gasteiger partial charge is 0.338 e. The molecule has 1 rings (SSSR count). The molecule has 100 valence electrons. The van der Waals surface area contributed by atoms with Crippen molar-refractivity contribution in [2.24, 2.45) is 0 Å². The number of hydrogen-bond acceptors (Lipinski definition) is 4. The van der Waals surface area contributed by atoms with Crippen LogP contribution in [0.2, 0.25) is 0 Å². The molecule has 1 N–H and O–H groups in total. The summed E-state index contributed by atoms with van der Waals surface area (Å²) in [5, 5.41) is 9.33. The first kappa shape index (κ1) is 14.9. The van der Waals surface area contributed by atoms with Crippen LogP contribution in [0.4, 0.5) is 4.39 Å². The second kappa shape index (κ2) is 7.33. The van der Waals surface area contributed by atoms with Gasteiger partial charge in [0.2, 0.25) is 0 Å². The molecule has 0 atom stereocenters. The van der Waals surface area contributed by atoms with Crippen LogP contribution >= 0.6 is 11.8 Å². The van der Waals surface area contributed by atoms with Crippen molar-refractivity contribution >= 4 is 17.7 Å². The van der Waals surface area contributed by atoms with Crippen LogP contribution < -0.4 is 0 Å². The maximum atomic E-state index is 12.9. The van der Waals surface area contributed by atoms with Gasteiger partial charge in [-0.05, 0) is 19.2 Å². The molecule has 0 bridgehead atoms. The third-order valence-corrected chi connectivity index (χ3v) is 3.57. The first-order valence-corrected chi connectivity index (χ1v) is 6.81. The van der Waals surface area contributed by atoms with Crippen molar-refractivity contribution in [2.45, 2.75) is 18.9 Å². The van der Waals surface area contributed by atoms with Gasteiger partial charge in [-0.25, -0.2) is 14.2 Å². The molecule has 0 aliphatic carbocycles. The summed E-state index contributed by atoms with van der Waals surface area (Å²) in [5.41, 5.74) is -0.0699. The van der Waals surface area contributed by atoms with Gasteiger partial charge in [-0.1, -0.05) is 13.8 Å². The SMILES string of the molecule is CCN(CC)CCSc1ncc(F)cc1C(=O)O. The second-order valence-electron chi connectivity index (χ2n) is 3.69. The summed E-state index contributed by atoms with van der Waals surface area (Å²) < 4.78 is 12.9. The molecule has 0 radical (unpaired) electrons. The first-order valence-electron chi connectivity index (χ1n) is 5.82. The lowest BCUT2D eigenvalue weighted by molar-refractivity contribution is 0.0691. The number of pyridine rings is 1. The van der Waals surface area contributed by atoms with Crippen molar-refractivity contribution in [2.75, 3.05) is 25.4 Å². The van der Waals surface area contributed by atoms with E-state index in [-0.39, 0.29) is 5.56 Å². The van der Waals surface area contributed by atoms with Crippen LogP contribution in [0.1, 0.15) is 24.2 Å². The minimum absolute atomic E-state index is 0.0699. The average molecular weight is 272 g/mol. The van der Waals surface area contributed by atoms with Gasteiger partial charge in [-0.3, -0.25) is 0 Å². The first-order chi connectivity index (χ1) is 8.58. The second-order valence-corrected chi connectivity index (χ2v) is 4.77. The van der Waals surface area contributed by atoms with E-state index >= 15 is 0 Å². The van der Waals surface area contributed by atoms with Gasteiger partial charge in [-0.15, -0.1) is 11.8 Å². The van der Waals surface area contributed by atoms with Gasteiger partial charge in [-0.2, -0.15) is 0 Å². The van der Waals surface area contributed by atoms with E-state index in [1.165, 1.54) is 11.8 Å². The molecular formula is C12H17FN2O2S. The van der Waals surface area contributed by atoms with Crippen LogP contribution in [-0.4, -0.2) is 46.3 Å². The molecule has 0 aromatic carbocycles. The summed E-state index contributed by atoms with van der Waals surface area (Å²) in [5.74, 6) is -1.03. The Hall–Kier alpha value is -1.14. The zero-order valence-electron chi connectivity index (χ0n) is 10.5.